The summed E-state index contributed by atoms with van der Waals surface area (Å²) in [6.45, 7) is 5.28. The molecule has 0 bridgehead atoms. The molecular weight excluding hydrogens is 224 g/mol. The van der Waals surface area contributed by atoms with Gasteiger partial charge in [-0.1, -0.05) is 6.92 Å². The van der Waals surface area contributed by atoms with Gasteiger partial charge in [0.05, 0.1) is 12.7 Å². The lowest BCUT2D eigenvalue weighted by Gasteiger charge is -2.29. The van der Waals surface area contributed by atoms with Crippen LogP contribution in [0.4, 0.5) is 0 Å². The van der Waals surface area contributed by atoms with Gasteiger partial charge in [-0.05, 0) is 31.8 Å². The summed E-state index contributed by atoms with van der Waals surface area (Å²) in [4.78, 5) is 17.5. The molecule has 16 heavy (non-hydrogen) atoms. The van der Waals surface area contributed by atoms with Crippen LogP contribution >= 0.6 is 11.3 Å². The number of aromatic nitrogens is 1. The van der Waals surface area contributed by atoms with Crippen LogP contribution in [0.1, 0.15) is 34.4 Å². The third-order valence-electron chi connectivity index (χ3n) is 3.00. The van der Waals surface area contributed by atoms with E-state index >= 15 is 0 Å². The molecule has 88 valence electrons. The van der Waals surface area contributed by atoms with Crippen LogP contribution in [-0.2, 0) is 6.54 Å². The van der Waals surface area contributed by atoms with Crippen molar-refractivity contribution in [1.29, 1.82) is 0 Å². The van der Waals surface area contributed by atoms with Crippen molar-refractivity contribution in [1.82, 2.24) is 9.88 Å². The highest BCUT2D eigenvalue weighted by Crippen LogP contribution is 2.20. The molecule has 1 saturated heterocycles. The van der Waals surface area contributed by atoms with E-state index in [1.807, 2.05) is 0 Å². The van der Waals surface area contributed by atoms with Crippen LogP contribution in [0.3, 0.4) is 0 Å². The topological polar surface area (TPSA) is 53.4 Å². The zero-order valence-corrected chi connectivity index (χ0v) is 10.2. The van der Waals surface area contributed by atoms with E-state index in [1.165, 1.54) is 30.4 Å². The largest absolute Gasteiger partial charge is 0.477 e. The zero-order valence-electron chi connectivity index (χ0n) is 9.35. The predicted octanol–water partition coefficient (Wildman–Crippen LogP) is 2.07. The van der Waals surface area contributed by atoms with E-state index in [4.69, 9.17) is 5.11 Å². The highest BCUT2D eigenvalue weighted by molar-refractivity contribution is 7.13. The van der Waals surface area contributed by atoms with Gasteiger partial charge in [-0.15, -0.1) is 11.3 Å². The highest BCUT2D eigenvalue weighted by atomic mass is 32.1. The van der Waals surface area contributed by atoms with Gasteiger partial charge in [0.2, 0.25) is 0 Å². The second-order valence-corrected chi connectivity index (χ2v) is 5.50. The molecule has 1 aliphatic heterocycles. The van der Waals surface area contributed by atoms with E-state index in [0.29, 0.717) is 4.88 Å². The van der Waals surface area contributed by atoms with Crippen LogP contribution in [0.25, 0.3) is 0 Å². The molecule has 0 radical (unpaired) electrons. The van der Waals surface area contributed by atoms with Gasteiger partial charge in [-0.3, -0.25) is 4.90 Å². The molecule has 0 aliphatic carbocycles. The fourth-order valence-corrected chi connectivity index (χ4v) is 2.69. The summed E-state index contributed by atoms with van der Waals surface area (Å²) in [6, 6.07) is 0. The van der Waals surface area contributed by atoms with E-state index in [9.17, 15) is 4.79 Å². The third kappa shape index (κ3) is 2.80. The monoisotopic (exact) mass is 240 g/mol. The molecule has 0 aromatic carbocycles. The summed E-state index contributed by atoms with van der Waals surface area (Å²) in [7, 11) is 0. The Labute approximate surface area is 98.9 Å². The number of aromatic carboxylic acids is 1. The summed E-state index contributed by atoms with van der Waals surface area (Å²) in [6.07, 6.45) is 3.92. The maximum atomic E-state index is 10.7. The summed E-state index contributed by atoms with van der Waals surface area (Å²) >= 11 is 1.28. The van der Waals surface area contributed by atoms with Crippen molar-refractivity contribution >= 4 is 17.3 Å². The first-order chi connectivity index (χ1) is 7.65. The molecular formula is C11H16N2O2S. The summed E-state index contributed by atoms with van der Waals surface area (Å²) in [5.41, 5.74) is 0. The molecule has 1 aromatic heterocycles. The van der Waals surface area contributed by atoms with Crippen molar-refractivity contribution in [3.8, 4) is 0 Å². The molecule has 1 aromatic rings. The van der Waals surface area contributed by atoms with Crippen molar-refractivity contribution in [3.63, 3.8) is 0 Å². The fraction of sp³-hybridized carbons (Fsp3) is 0.636. The maximum Gasteiger partial charge on any atom is 0.347 e. The minimum Gasteiger partial charge on any atom is -0.477 e. The van der Waals surface area contributed by atoms with E-state index in [1.54, 1.807) is 0 Å². The number of carboxylic acid groups (broad SMARTS) is 1. The van der Waals surface area contributed by atoms with E-state index in [2.05, 4.69) is 16.8 Å². The SMILES string of the molecule is CC1CCN(Cc2ncc(C(=O)O)s2)CC1. The minimum atomic E-state index is -0.879. The van der Waals surface area contributed by atoms with Gasteiger partial charge in [-0.25, -0.2) is 9.78 Å². The summed E-state index contributed by atoms with van der Waals surface area (Å²) in [5.74, 6) is -0.0573. The number of hydrogen-bond donors (Lipinski definition) is 1. The van der Waals surface area contributed by atoms with Gasteiger partial charge in [-0.2, -0.15) is 0 Å². The Morgan fingerprint density at radius 2 is 2.31 bits per heavy atom. The number of nitrogens with zero attached hydrogens (tertiary/aromatic N) is 2. The lowest BCUT2D eigenvalue weighted by Crippen LogP contribution is -2.32. The average molecular weight is 240 g/mol. The molecule has 1 fully saturated rings. The molecule has 4 nitrogen and oxygen atoms in total. The van der Waals surface area contributed by atoms with Crippen molar-refractivity contribution < 1.29 is 9.90 Å². The van der Waals surface area contributed by atoms with Crippen molar-refractivity contribution in [3.05, 3.63) is 16.1 Å². The summed E-state index contributed by atoms with van der Waals surface area (Å²) < 4.78 is 0. The molecule has 0 spiro atoms. The van der Waals surface area contributed by atoms with Crippen molar-refractivity contribution in [2.75, 3.05) is 13.1 Å². The molecule has 0 unspecified atom stereocenters. The maximum absolute atomic E-state index is 10.7. The highest BCUT2D eigenvalue weighted by Gasteiger charge is 2.17. The summed E-state index contributed by atoms with van der Waals surface area (Å²) in [5, 5.41) is 9.70. The first kappa shape index (κ1) is 11.5. The molecule has 1 N–H and O–H groups in total. The van der Waals surface area contributed by atoms with Crippen molar-refractivity contribution in [2.24, 2.45) is 5.92 Å². The van der Waals surface area contributed by atoms with E-state index < -0.39 is 5.97 Å². The lowest BCUT2D eigenvalue weighted by atomic mass is 9.99. The van der Waals surface area contributed by atoms with Gasteiger partial charge in [0.1, 0.15) is 9.88 Å². The zero-order chi connectivity index (χ0) is 11.5. The second-order valence-electron chi connectivity index (χ2n) is 4.38. The Hall–Kier alpha value is -0.940. The molecule has 0 atom stereocenters. The Morgan fingerprint density at radius 1 is 1.62 bits per heavy atom. The van der Waals surface area contributed by atoms with Crippen molar-refractivity contribution in [2.45, 2.75) is 26.3 Å². The normalized spacial score (nSPS) is 18.8. The minimum absolute atomic E-state index is 0.334. The smallest absolute Gasteiger partial charge is 0.347 e. The Kier molecular flexibility index (Phi) is 3.56. The third-order valence-corrected chi connectivity index (χ3v) is 3.97. The van der Waals surface area contributed by atoms with E-state index in [-0.39, 0.29) is 0 Å². The average Bonchev–Trinajstić information content (AvgIpc) is 2.70. The number of hydrogen-bond acceptors (Lipinski definition) is 4. The first-order valence-corrected chi connectivity index (χ1v) is 6.37. The molecule has 0 saturated carbocycles. The fourth-order valence-electron chi connectivity index (χ4n) is 1.89. The number of likely N-dealkylation sites (tertiary alicyclic amines) is 1. The van der Waals surface area contributed by atoms with Crippen LogP contribution in [0.5, 0.6) is 0 Å². The molecule has 0 amide bonds. The quantitative estimate of drug-likeness (QED) is 0.878. The van der Waals surface area contributed by atoms with Crippen LogP contribution in [0, 0.1) is 5.92 Å². The Morgan fingerprint density at radius 3 is 2.88 bits per heavy atom. The Bertz CT molecular complexity index is 370. The Balaban J connectivity index is 1.91. The lowest BCUT2D eigenvalue weighted by molar-refractivity contribution is 0.0702. The molecule has 5 heteroatoms. The first-order valence-electron chi connectivity index (χ1n) is 5.55. The van der Waals surface area contributed by atoms with Gasteiger partial charge in [0.15, 0.2) is 0 Å². The number of carboxylic acids is 1. The predicted molar refractivity (Wildman–Crippen MR) is 62.7 cm³/mol. The van der Waals surface area contributed by atoms with Crippen LogP contribution in [-0.4, -0.2) is 34.0 Å². The van der Waals surface area contributed by atoms with Crippen LogP contribution in [0.15, 0.2) is 6.20 Å². The standard InChI is InChI=1S/C11H16N2O2S/c1-8-2-4-13(5-3-8)7-10-12-6-9(16-10)11(14)15/h6,8H,2-5,7H2,1H3,(H,14,15). The van der Waals surface area contributed by atoms with Gasteiger partial charge >= 0.3 is 5.97 Å². The number of thiazole rings is 1. The van der Waals surface area contributed by atoms with Gasteiger partial charge in [0.25, 0.3) is 0 Å². The number of piperidine rings is 1. The molecule has 2 rings (SSSR count). The second kappa shape index (κ2) is 4.93. The van der Waals surface area contributed by atoms with Crippen LogP contribution in [0.2, 0.25) is 0 Å². The molecule has 1 aliphatic rings. The van der Waals surface area contributed by atoms with E-state index in [0.717, 1.165) is 30.6 Å². The van der Waals surface area contributed by atoms with Gasteiger partial charge < -0.3 is 5.11 Å². The number of rotatable bonds is 3. The number of carbonyl (C=O) groups is 1. The van der Waals surface area contributed by atoms with Crippen LogP contribution < -0.4 is 0 Å². The molecule has 2 heterocycles. The van der Waals surface area contributed by atoms with Gasteiger partial charge in [0, 0.05) is 0 Å².